The number of carbonyl (C=O) groups is 2. The molecular formula is C14H24N2O3. The molecule has 1 saturated heterocycles. The summed E-state index contributed by atoms with van der Waals surface area (Å²) in [5.41, 5.74) is 0. The first kappa shape index (κ1) is 14.2. The number of urea groups is 1. The summed E-state index contributed by atoms with van der Waals surface area (Å²) in [6.07, 6.45) is 6.09. The molecule has 108 valence electrons. The molecule has 5 heteroatoms. The molecule has 0 bridgehead atoms. The quantitative estimate of drug-likeness (QED) is 0.802. The van der Waals surface area contributed by atoms with E-state index in [1.54, 1.807) is 4.90 Å². The molecule has 2 amide bonds. The van der Waals surface area contributed by atoms with Crippen molar-refractivity contribution >= 4 is 12.0 Å². The standard InChI is InChI=1S/C14H24N2O3/c1-10(2-3-11-4-5-11)15-14(19)16-8-6-12(7-9-16)13(17)18/h10-12H,2-9H2,1H3,(H,15,19)(H,17,18). The third kappa shape index (κ3) is 4.40. The summed E-state index contributed by atoms with van der Waals surface area (Å²) in [6.45, 7) is 3.15. The molecule has 1 saturated carbocycles. The molecule has 0 radical (unpaired) electrons. The lowest BCUT2D eigenvalue weighted by Crippen LogP contribution is -2.47. The summed E-state index contributed by atoms with van der Waals surface area (Å²) in [5.74, 6) is -0.125. The molecule has 19 heavy (non-hydrogen) atoms. The Morgan fingerprint density at radius 2 is 1.89 bits per heavy atom. The topological polar surface area (TPSA) is 69.6 Å². The van der Waals surface area contributed by atoms with E-state index in [1.807, 2.05) is 6.92 Å². The van der Waals surface area contributed by atoms with E-state index in [-0.39, 0.29) is 18.0 Å². The van der Waals surface area contributed by atoms with Crippen LogP contribution >= 0.6 is 0 Å². The Labute approximate surface area is 114 Å². The maximum atomic E-state index is 12.0. The molecule has 1 atom stereocenters. The molecule has 2 aliphatic rings. The zero-order chi connectivity index (χ0) is 13.8. The van der Waals surface area contributed by atoms with Gasteiger partial charge in [-0.1, -0.05) is 12.8 Å². The first-order chi connectivity index (χ1) is 9.06. The number of hydrogen-bond donors (Lipinski definition) is 2. The van der Waals surface area contributed by atoms with E-state index in [9.17, 15) is 9.59 Å². The SMILES string of the molecule is CC(CCC1CC1)NC(=O)N1CCC(C(=O)O)CC1. The largest absolute Gasteiger partial charge is 0.481 e. The van der Waals surface area contributed by atoms with Gasteiger partial charge in [0.05, 0.1) is 5.92 Å². The summed E-state index contributed by atoms with van der Waals surface area (Å²) < 4.78 is 0. The van der Waals surface area contributed by atoms with Crippen LogP contribution in [0.15, 0.2) is 0 Å². The Kier molecular flexibility index (Phi) is 4.66. The minimum atomic E-state index is -0.738. The van der Waals surface area contributed by atoms with Crippen LogP contribution in [0.1, 0.15) is 45.4 Å². The number of likely N-dealkylation sites (tertiary alicyclic amines) is 1. The molecular weight excluding hydrogens is 244 g/mol. The monoisotopic (exact) mass is 268 g/mol. The molecule has 0 aromatic rings. The van der Waals surface area contributed by atoms with Crippen LogP contribution in [0.2, 0.25) is 0 Å². The second-order valence-electron chi connectivity index (χ2n) is 5.97. The lowest BCUT2D eigenvalue weighted by Gasteiger charge is -2.31. The van der Waals surface area contributed by atoms with E-state index in [2.05, 4.69) is 5.32 Å². The number of piperidine rings is 1. The number of nitrogens with one attached hydrogen (secondary N) is 1. The highest BCUT2D eigenvalue weighted by molar-refractivity contribution is 5.75. The van der Waals surface area contributed by atoms with Crippen molar-refractivity contribution in [2.45, 2.75) is 51.5 Å². The van der Waals surface area contributed by atoms with Crippen LogP contribution < -0.4 is 5.32 Å². The van der Waals surface area contributed by atoms with Crippen molar-refractivity contribution in [2.24, 2.45) is 11.8 Å². The number of amides is 2. The van der Waals surface area contributed by atoms with E-state index < -0.39 is 5.97 Å². The maximum absolute atomic E-state index is 12.0. The highest BCUT2D eigenvalue weighted by atomic mass is 16.4. The van der Waals surface area contributed by atoms with Gasteiger partial charge in [0, 0.05) is 19.1 Å². The number of carboxylic acids is 1. The summed E-state index contributed by atoms with van der Waals surface area (Å²) in [6, 6.07) is 0.178. The normalized spacial score (nSPS) is 22.1. The molecule has 5 nitrogen and oxygen atoms in total. The van der Waals surface area contributed by atoms with E-state index in [1.165, 1.54) is 19.3 Å². The summed E-state index contributed by atoms with van der Waals surface area (Å²) in [7, 11) is 0. The van der Waals surface area contributed by atoms with Crippen molar-refractivity contribution in [2.75, 3.05) is 13.1 Å². The number of carboxylic acid groups (broad SMARTS) is 1. The van der Waals surface area contributed by atoms with Crippen molar-refractivity contribution in [1.29, 1.82) is 0 Å². The van der Waals surface area contributed by atoms with Crippen LogP contribution in [0.25, 0.3) is 0 Å². The van der Waals surface area contributed by atoms with Crippen molar-refractivity contribution in [3.8, 4) is 0 Å². The molecule has 1 heterocycles. The van der Waals surface area contributed by atoms with Crippen LogP contribution in [0.3, 0.4) is 0 Å². The number of aliphatic carboxylic acids is 1. The third-order valence-corrected chi connectivity index (χ3v) is 4.21. The van der Waals surface area contributed by atoms with Gasteiger partial charge in [0.2, 0.25) is 0 Å². The molecule has 2 fully saturated rings. The summed E-state index contributed by atoms with van der Waals surface area (Å²) >= 11 is 0. The number of rotatable bonds is 5. The van der Waals surface area contributed by atoms with Gasteiger partial charge < -0.3 is 15.3 Å². The highest BCUT2D eigenvalue weighted by Crippen LogP contribution is 2.33. The Morgan fingerprint density at radius 1 is 1.26 bits per heavy atom. The van der Waals surface area contributed by atoms with Gasteiger partial charge in [0.25, 0.3) is 0 Å². The lowest BCUT2D eigenvalue weighted by molar-refractivity contribution is -0.143. The number of carbonyl (C=O) groups excluding carboxylic acids is 1. The minimum absolute atomic E-state index is 0.0351. The molecule has 2 N–H and O–H groups in total. The van der Waals surface area contributed by atoms with E-state index in [0.29, 0.717) is 25.9 Å². The van der Waals surface area contributed by atoms with Crippen molar-refractivity contribution in [3.05, 3.63) is 0 Å². The first-order valence-corrected chi connectivity index (χ1v) is 7.34. The van der Waals surface area contributed by atoms with Crippen LogP contribution in [0.5, 0.6) is 0 Å². The highest BCUT2D eigenvalue weighted by Gasteiger charge is 2.27. The fourth-order valence-corrected chi connectivity index (χ4v) is 2.60. The van der Waals surface area contributed by atoms with Gasteiger partial charge >= 0.3 is 12.0 Å². The molecule has 0 aromatic carbocycles. The maximum Gasteiger partial charge on any atom is 0.317 e. The molecule has 0 aromatic heterocycles. The number of nitrogens with zero attached hydrogens (tertiary/aromatic N) is 1. The van der Waals surface area contributed by atoms with Gasteiger partial charge in [-0.05, 0) is 38.5 Å². The zero-order valence-electron chi connectivity index (χ0n) is 11.6. The van der Waals surface area contributed by atoms with Gasteiger partial charge in [-0.2, -0.15) is 0 Å². The van der Waals surface area contributed by atoms with E-state index >= 15 is 0 Å². The average molecular weight is 268 g/mol. The van der Waals surface area contributed by atoms with Crippen molar-refractivity contribution in [3.63, 3.8) is 0 Å². The Balaban J connectivity index is 1.66. The zero-order valence-corrected chi connectivity index (χ0v) is 11.6. The summed E-state index contributed by atoms with van der Waals surface area (Å²) in [4.78, 5) is 24.6. The summed E-state index contributed by atoms with van der Waals surface area (Å²) in [5, 5.41) is 11.9. The smallest absolute Gasteiger partial charge is 0.317 e. The second kappa shape index (κ2) is 6.26. The fourth-order valence-electron chi connectivity index (χ4n) is 2.60. The molecule has 1 unspecified atom stereocenters. The fraction of sp³-hybridized carbons (Fsp3) is 0.857. The van der Waals surface area contributed by atoms with Crippen LogP contribution in [0.4, 0.5) is 4.79 Å². The number of hydrogen-bond acceptors (Lipinski definition) is 2. The van der Waals surface area contributed by atoms with E-state index in [0.717, 1.165) is 12.3 Å². The second-order valence-corrected chi connectivity index (χ2v) is 5.97. The van der Waals surface area contributed by atoms with Gasteiger partial charge in [-0.15, -0.1) is 0 Å². The van der Waals surface area contributed by atoms with Crippen molar-refractivity contribution in [1.82, 2.24) is 10.2 Å². The molecule has 1 aliphatic heterocycles. The van der Waals surface area contributed by atoms with E-state index in [4.69, 9.17) is 5.11 Å². The third-order valence-electron chi connectivity index (χ3n) is 4.21. The van der Waals surface area contributed by atoms with Crippen LogP contribution in [-0.2, 0) is 4.79 Å². The Bertz CT molecular complexity index is 334. The Hall–Kier alpha value is -1.26. The predicted octanol–water partition coefficient (Wildman–Crippen LogP) is 2.07. The average Bonchev–Trinajstić information content (AvgIpc) is 3.20. The predicted molar refractivity (Wildman–Crippen MR) is 71.9 cm³/mol. The molecule has 1 aliphatic carbocycles. The van der Waals surface area contributed by atoms with Gasteiger partial charge in [-0.3, -0.25) is 4.79 Å². The van der Waals surface area contributed by atoms with Gasteiger partial charge in [0.1, 0.15) is 0 Å². The minimum Gasteiger partial charge on any atom is -0.481 e. The van der Waals surface area contributed by atoms with Gasteiger partial charge in [-0.25, -0.2) is 4.79 Å². The molecule has 0 spiro atoms. The lowest BCUT2D eigenvalue weighted by atomic mass is 9.97. The molecule has 2 rings (SSSR count). The van der Waals surface area contributed by atoms with Crippen LogP contribution in [-0.4, -0.2) is 41.1 Å². The van der Waals surface area contributed by atoms with Crippen molar-refractivity contribution < 1.29 is 14.7 Å². The first-order valence-electron chi connectivity index (χ1n) is 7.34. The van der Waals surface area contributed by atoms with Crippen LogP contribution in [0, 0.1) is 11.8 Å². The Morgan fingerprint density at radius 3 is 2.42 bits per heavy atom. The van der Waals surface area contributed by atoms with Gasteiger partial charge in [0.15, 0.2) is 0 Å².